The number of aliphatic carboxylic acids is 1. The topological polar surface area (TPSA) is 53.1 Å². The fraction of sp³-hybridized carbons (Fsp3) is 0.250. The lowest BCUT2D eigenvalue weighted by molar-refractivity contribution is -0.138. The Bertz CT molecular complexity index is 575. The second kappa shape index (κ2) is 3.07. The Balaban J connectivity index is 2.03. The van der Waals surface area contributed by atoms with Crippen LogP contribution in [0.1, 0.15) is 17.9 Å². The molecule has 1 saturated carbocycles. The van der Waals surface area contributed by atoms with Gasteiger partial charge in [-0.3, -0.25) is 4.79 Å². The lowest BCUT2D eigenvalue weighted by atomic mass is 10.1. The fourth-order valence-electron chi connectivity index (χ4n) is 2.24. The SMILES string of the molecule is O=C(O)C1CC1c1c[nH]c2cc(F)ccc12. The van der Waals surface area contributed by atoms with Gasteiger partial charge in [-0.2, -0.15) is 0 Å². The first-order chi connectivity index (χ1) is 7.66. The van der Waals surface area contributed by atoms with E-state index in [4.69, 9.17) is 5.11 Å². The van der Waals surface area contributed by atoms with Crippen LogP contribution in [0.3, 0.4) is 0 Å². The number of halogens is 1. The molecular weight excluding hydrogens is 209 g/mol. The van der Waals surface area contributed by atoms with E-state index in [1.54, 1.807) is 12.3 Å². The molecule has 2 unspecified atom stereocenters. The van der Waals surface area contributed by atoms with Gasteiger partial charge in [-0.1, -0.05) is 0 Å². The summed E-state index contributed by atoms with van der Waals surface area (Å²) in [7, 11) is 0. The van der Waals surface area contributed by atoms with Gasteiger partial charge in [0.15, 0.2) is 0 Å². The van der Waals surface area contributed by atoms with Crippen molar-refractivity contribution < 1.29 is 14.3 Å². The second-order valence-corrected chi connectivity index (χ2v) is 4.22. The van der Waals surface area contributed by atoms with Gasteiger partial charge in [-0.05, 0) is 30.2 Å². The molecule has 16 heavy (non-hydrogen) atoms. The van der Waals surface area contributed by atoms with Crippen LogP contribution >= 0.6 is 0 Å². The maximum atomic E-state index is 13.0. The maximum Gasteiger partial charge on any atom is 0.307 e. The van der Waals surface area contributed by atoms with Gasteiger partial charge in [0, 0.05) is 23.0 Å². The summed E-state index contributed by atoms with van der Waals surface area (Å²) in [5.41, 5.74) is 1.72. The number of benzene rings is 1. The third kappa shape index (κ3) is 1.30. The van der Waals surface area contributed by atoms with Gasteiger partial charge in [0.2, 0.25) is 0 Å². The van der Waals surface area contributed by atoms with Crippen molar-refractivity contribution in [2.75, 3.05) is 0 Å². The zero-order chi connectivity index (χ0) is 11.3. The summed E-state index contributed by atoms with van der Waals surface area (Å²) < 4.78 is 13.0. The van der Waals surface area contributed by atoms with Crippen molar-refractivity contribution >= 4 is 16.9 Å². The Morgan fingerprint density at radius 3 is 3.00 bits per heavy atom. The average Bonchev–Trinajstić information content (AvgIpc) is 2.93. The standard InChI is InChI=1S/C12H10FNO2/c13-6-1-2-7-10(5-14-11(7)3-6)8-4-9(8)12(15)16/h1-3,5,8-9,14H,4H2,(H,15,16). The van der Waals surface area contributed by atoms with E-state index in [0.29, 0.717) is 6.42 Å². The van der Waals surface area contributed by atoms with Crippen molar-refractivity contribution in [3.05, 3.63) is 35.8 Å². The summed E-state index contributed by atoms with van der Waals surface area (Å²) in [6.45, 7) is 0. The van der Waals surface area contributed by atoms with E-state index >= 15 is 0 Å². The first kappa shape index (κ1) is 9.39. The normalized spacial score (nSPS) is 23.6. The fourth-order valence-corrected chi connectivity index (χ4v) is 2.24. The van der Waals surface area contributed by atoms with E-state index in [9.17, 15) is 9.18 Å². The van der Waals surface area contributed by atoms with Gasteiger partial charge in [0.25, 0.3) is 0 Å². The molecular formula is C12H10FNO2. The van der Waals surface area contributed by atoms with Crippen LogP contribution in [0, 0.1) is 11.7 Å². The van der Waals surface area contributed by atoms with Crippen molar-refractivity contribution in [1.82, 2.24) is 4.98 Å². The highest BCUT2D eigenvalue weighted by molar-refractivity contribution is 5.86. The lowest BCUT2D eigenvalue weighted by Crippen LogP contribution is -1.98. The Labute approximate surface area is 90.9 Å². The van der Waals surface area contributed by atoms with Gasteiger partial charge in [-0.25, -0.2) is 4.39 Å². The predicted molar refractivity (Wildman–Crippen MR) is 56.7 cm³/mol. The van der Waals surface area contributed by atoms with E-state index in [2.05, 4.69) is 4.98 Å². The molecule has 0 radical (unpaired) electrons. The van der Waals surface area contributed by atoms with Crippen LogP contribution in [0.5, 0.6) is 0 Å². The molecule has 0 aliphatic heterocycles. The number of fused-ring (bicyclic) bond motifs is 1. The first-order valence-electron chi connectivity index (χ1n) is 5.16. The third-order valence-electron chi connectivity index (χ3n) is 3.18. The zero-order valence-corrected chi connectivity index (χ0v) is 8.40. The molecule has 3 nitrogen and oxygen atoms in total. The number of rotatable bonds is 2. The molecule has 0 saturated heterocycles. The summed E-state index contributed by atoms with van der Waals surface area (Å²) in [4.78, 5) is 13.8. The van der Waals surface area contributed by atoms with Crippen LogP contribution in [0.2, 0.25) is 0 Å². The number of aromatic nitrogens is 1. The van der Waals surface area contributed by atoms with E-state index in [0.717, 1.165) is 16.5 Å². The van der Waals surface area contributed by atoms with Crippen molar-refractivity contribution in [3.8, 4) is 0 Å². The molecule has 1 fully saturated rings. The van der Waals surface area contributed by atoms with Crippen LogP contribution in [0.15, 0.2) is 24.4 Å². The van der Waals surface area contributed by atoms with Gasteiger partial charge in [-0.15, -0.1) is 0 Å². The minimum absolute atomic E-state index is 0.0803. The second-order valence-electron chi connectivity index (χ2n) is 4.22. The van der Waals surface area contributed by atoms with Gasteiger partial charge in [0.1, 0.15) is 5.82 Å². The van der Waals surface area contributed by atoms with Crippen LogP contribution in [0.25, 0.3) is 10.9 Å². The summed E-state index contributed by atoms with van der Waals surface area (Å²) >= 11 is 0. The van der Waals surface area contributed by atoms with Gasteiger partial charge < -0.3 is 10.1 Å². The maximum absolute atomic E-state index is 13.0. The molecule has 2 atom stereocenters. The van der Waals surface area contributed by atoms with Crippen LogP contribution < -0.4 is 0 Å². The number of carboxylic acids is 1. The molecule has 1 aromatic heterocycles. The monoisotopic (exact) mass is 219 g/mol. The number of hydrogen-bond acceptors (Lipinski definition) is 1. The smallest absolute Gasteiger partial charge is 0.307 e. The number of nitrogens with one attached hydrogen (secondary N) is 1. The molecule has 1 aliphatic rings. The minimum atomic E-state index is -0.749. The average molecular weight is 219 g/mol. The summed E-state index contributed by atoms with van der Waals surface area (Å²) in [6.07, 6.45) is 2.47. The highest BCUT2D eigenvalue weighted by Crippen LogP contribution is 2.49. The molecule has 0 amide bonds. The number of aromatic amines is 1. The van der Waals surface area contributed by atoms with E-state index in [1.165, 1.54) is 12.1 Å². The highest BCUT2D eigenvalue weighted by Gasteiger charge is 2.45. The zero-order valence-electron chi connectivity index (χ0n) is 8.40. The largest absolute Gasteiger partial charge is 0.481 e. The molecule has 1 heterocycles. The summed E-state index contributed by atoms with van der Waals surface area (Å²) in [5, 5.41) is 9.79. The van der Waals surface area contributed by atoms with Gasteiger partial charge >= 0.3 is 5.97 Å². The molecule has 4 heteroatoms. The molecule has 2 N–H and O–H groups in total. The molecule has 2 aromatic rings. The summed E-state index contributed by atoms with van der Waals surface area (Å²) in [6, 6.07) is 4.53. The first-order valence-corrected chi connectivity index (χ1v) is 5.16. The van der Waals surface area contributed by atoms with E-state index < -0.39 is 5.97 Å². The highest BCUT2D eigenvalue weighted by atomic mass is 19.1. The molecule has 1 aliphatic carbocycles. The van der Waals surface area contributed by atoms with Crippen LogP contribution in [0.4, 0.5) is 4.39 Å². The lowest BCUT2D eigenvalue weighted by Gasteiger charge is -1.96. The third-order valence-corrected chi connectivity index (χ3v) is 3.18. The number of carbonyl (C=O) groups is 1. The molecule has 1 aromatic carbocycles. The van der Waals surface area contributed by atoms with Crippen LogP contribution in [-0.2, 0) is 4.79 Å². The Morgan fingerprint density at radius 2 is 2.31 bits per heavy atom. The van der Waals surface area contributed by atoms with Crippen molar-refractivity contribution in [3.63, 3.8) is 0 Å². The Hall–Kier alpha value is -1.84. The predicted octanol–water partition coefficient (Wildman–Crippen LogP) is 2.50. The van der Waals surface area contributed by atoms with Gasteiger partial charge in [0.05, 0.1) is 5.92 Å². The van der Waals surface area contributed by atoms with E-state index in [-0.39, 0.29) is 17.7 Å². The Morgan fingerprint density at radius 1 is 1.50 bits per heavy atom. The number of hydrogen-bond donors (Lipinski definition) is 2. The Kier molecular flexibility index (Phi) is 1.80. The summed E-state index contributed by atoms with van der Waals surface area (Å²) in [5.74, 6) is -1.23. The molecule has 82 valence electrons. The molecule has 0 spiro atoms. The van der Waals surface area contributed by atoms with Crippen LogP contribution in [-0.4, -0.2) is 16.1 Å². The molecule has 3 rings (SSSR count). The van der Waals surface area contributed by atoms with Crippen molar-refractivity contribution in [2.45, 2.75) is 12.3 Å². The number of H-pyrrole nitrogens is 1. The molecule has 0 bridgehead atoms. The quantitative estimate of drug-likeness (QED) is 0.815. The van der Waals surface area contributed by atoms with Crippen molar-refractivity contribution in [2.24, 2.45) is 5.92 Å². The minimum Gasteiger partial charge on any atom is -0.481 e. The van der Waals surface area contributed by atoms with E-state index in [1.807, 2.05) is 0 Å². The van der Waals surface area contributed by atoms with Crippen molar-refractivity contribution in [1.29, 1.82) is 0 Å². The number of carboxylic acid groups (broad SMARTS) is 1.